The Balaban J connectivity index is 1.36. The molecule has 9 heteroatoms. The van der Waals surface area contributed by atoms with Crippen LogP contribution >= 0.6 is 22.7 Å². The van der Waals surface area contributed by atoms with Gasteiger partial charge in [-0.25, -0.2) is 9.97 Å². The number of fused-ring (bicyclic) bond motifs is 1. The first kappa shape index (κ1) is 20.0. The Morgan fingerprint density at radius 3 is 2.57 bits per heavy atom. The van der Waals surface area contributed by atoms with E-state index in [0.29, 0.717) is 27.3 Å². The number of nitrogens with zero attached hydrogens (tertiary/aromatic N) is 2. The predicted octanol–water partition coefficient (Wildman–Crippen LogP) is 4.50. The smallest absolute Gasteiger partial charge is 0.257 e. The molecular weight excluding hydrogens is 420 g/mol. The van der Waals surface area contributed by atoms with Gasteiger partial charge >= 0.3 is 0 Å². The molecule has 0 radical (unpaired) electrons. The Bertz CT molecular complexity index is 1210. The van der Waals surface area contributed by atoms with Crippen LogP contribution in [0.4, 0.5) is 10.3 Å². The highest BCUT2D eigenvalue weighted by Gasteiger charge is 2.13. The molecule has 30 heavy (non-hydrogen) atoms. The maximum absolute atomic E-state index is 12.4. The molecule has 0 bridgehead atoms. The molecule has 0 atom stereocenters. The molecule has 0 fully saturated rings. The van der Waals surface area contributed by atoms with E-state index >= 15 is 0 Å². The average Bonchev–Trinajstić information content (AvgIpc) is 3.35. The van der Waals surface area contributed by atoms with E-state index in [0.717, 1.165) is 15.8 Å². The second-order valence-corrected chi connectivity index (χ2v) is 8.38. The van der Waals surface area contributed by atoms with E-state index in [1.54, 1.807) is 36.8 Å². The van der Waals surface area contributed by atoms with Crippen LogP contribution in [0.3, 0.4) is 0 Å². The first-order valence-corrected chi connectivity index (χ1v) is 10.8. The van der Waals surface area contributed by atoms with Gasteiger partial charge in [0, 0.05) is 10.9 Å². The molecule has 7 nitrogen and oxygen atoms in total. The largest absolute Gasteiger partial charge is 0.497 e. The van der Waals surface area contributed by atoms with Gasteiger partial charge in [-0.2, -0.15) is 0 Å². The van der Waals surface area contributed by atoms with Crippen molar-refractivity contribution >= 4 is 55.0 Å². The monoisotopic (exact) mass is 438 g/mol. The lowest BCUT2D eigenvalue weighted by atomic mass is 10.2. The van der Waals surface area contributed by atoms with Gasteiger partial charge in [0.05, 0.1) is 29.4 Å². The lowest BCUT2D eigenvalue weighted by Crippen LogP contribution is -2.15. The number of anilines is 2. The minimum absolute atomic E-state index is 0.101. The highest BCUT2D eigenvalue weighted by molar-refractivity contribution is 7.22. The summed E-state index contributed by atoms with van der Waals surface area (Å²) in [4.78, 5) is 33.5. The standard InChI is InChI=1S/C21H18N4O3S2/c1-12-4-3-5-16-18(12)24-21(30-16)23-17(26)10-14-11-29-20(22-14)25-19(27)13-6-8-15(28-2)9-7-13/h3-9,11H,10H2,1-2H3,(H,22,25,27)(H,23,24,26). The molecular formula is C21H18N4O3S2. The summed E-state index contributed by atoms with van der Waals surface area (Å²) in [5, 5.41) is 8.33. The van der Waals surface area contributed by atoms with Crippen LogP contribution in [0.15, 0.2) is 47.8 Å². The summed E-state index contributed by atoms with van der Waals surface area (Å²) in [6.45, 7) is 1.99. The summed E-state index contributed by atoms with van der Waals surface area (Å²) < 4.78 is 6.12. The number of rotatable bonds is 6. The van der Waals surface area contributed by atoms with Gasteiger partial charge in [-0.1, -0.05) is 23.5 Å². The van der Waals surface area contributed by atoms with E-state index in [1.165, 1.54) is 22.7 Å². The van der Waals surface area contributed by atoms with Gasteiger partial charge in [0.2, 0.25) is 5.91 Å². The predicted molar refractivity (Wildman–Crippen MR) is 120 cm³/mol. The molecule has 2 N–H and O–H groups in total. The van der Waals surface area contributed by atoms with Crippen LogP contribution in [-0.2, 0) is 11.2 Å². The van der Waals surface area contributed by atoms with Crippen LogP contribution in [0, 0.1) is 6.92 Å². The molecule has 4 aromatic rings. The average molecular weight is 439 g/mol. The summed E-state index contributed by atoms with van der Waals surface area (Å²) in [5.41, 5.74) is 3.05. The van der Waals surface area contributed by atoms with E-state index in [-0.39, 0.29) is 18.2 Å². The van der Waals surface area contributed by atoms with Crippen LogP contribution in [-0.4, -0.2) is 28.9 Å². The van der Waals surface area contributed by atoms with Crippen molar-refractivity contribution in [1.29, 1.82) is 0 Å². The first-order valence-electron chi connectivity index (χ1n) is 9.07. The van der Waals surface area contributed by atoms with Crippen molar-refractivity contribution in [2.24, 2.45) is 0 Å². The fourth-order valence-electron chi connectivity index (χ4n) is 2.82. The molecule has 2 aromatic heterocycles. The third-order valence-electron chi connectivity index (χ3n) is 4.33. The number of hydrogen-bond acceptors (Lipinski definition) is 7. The van der Waals surface area contributed by atoms with Gasteiger partial charge in [0.15, 0.2) is 10.3 Å². The minimum Gasteiger partial charge on any atom is -0.497 e. The Labute approximate surface area is 180 Å². The molecule has 0 saturated carbocycles. The number of aromatic nitrogens is 2. The normalized spacial score (nSPS) is 10.7. The van der Waals surface area contributed by atoms with Crippen molar-refractivity contribution in [3.8, 4) is 5.75 Å². The third-order valence-corrected chi connectivity index (χ3v) is 6.08. The molecule has 0 spiro atoms. The molecule has 0 unspecified atom stereocenters. The third kappa shape index (κ3) is 4.47. The molecule has 4 rings (SSSR count). The van der Waals surface area contributed by atoms with Crippen LogP contribution in [0.25, 0.3) is 10.2 Å². The number of carbonyl (C=O) groups excluding carboxylic acids is 2. The number of nitrogens with one attached hydrogen (secondary N) is 2. The van der Waals surface area contributed by atoms with Gasteiger partial charge in [-0.05, 0) is 42.8 Å². The molecule has 2 aromatic carbocycles. The summed E-state index contributed by atoms with van der Waals surface area (Å²) in [5.74, 6) is 0.204. The Kier molecular flexibility index (Phi) is 5.73. The van der Waals surface area contributed by atoms with E-state index in [2.05, 4.69) is 20.6 Å². The summed E-state index contributed by atoms with van der Waals surface area (Å²) in [6, 6.07) is 12.7. The zero-order valence-electron chi connectivity index (χ0n) is 16.3. The Morgan fingerprint density at radius 2 is 1.83 bits per heavy atom. The quantitative estimate of drug-likeness (QED) is 0.462. The topological polar surface area (TPSA) is 93.2 Å². The van der Waals surface area contributed by atoms with Crippen molar-refractivity contribution in [2.45, 2.75) is 13.3 Å². The van der Waals surface area contributed by atoms with Crippen molar-refractivity contribution in [1.82, 2.24) is 9.97 Å². The Morgan fingerprint density at radius 1 is 1.03 bits per heavy atom. The zero-order valence-corrected chi connectivity index (χ0v) is 17.9. The highest BCUT2D eigenvalue weighted by atomic mass is 32.1. The minimum atomic E-state index is -0.271. The maximum Gasteiger partial charge on any atom is 0.257 e. The number of thiazole rings is 2. The number of aryl methyl sites for hydroxylation is 1. The van der Waals surface area contributed by atoms with E-state index in [9.17, 15) is 9.59 Å². The summed E-state index contributed by atoms with van der Waals surface area (Å²) >= 11 is 2.71. The lowest BCUT2D eigenvalue weighted by Gasteiger charge is -2.03. The van der Waals surface area contributed by atoms with Gasteiger partial charge in [-0.3, -0.25) is 14.9 Å². The van der Waals surface area contributed by atoms with E-state index < -0.39 is 0 Å². The second-order valence-electron chi connectivity index (χ2n) is 6.49. The van der Waals surface area contributed by atoms with Crippen molar-refractivity contribution in [2.75, 3.05) is 17.7 Å². The van der Waals surface area contributed by atoms with Crippen molar-refractivity contribution in [3.05, 3.63) is 64.7 Å². The van der Waals surface area contributed by atoms with Crippen molar-refractivity contribution < 1.29 is 14.3 Å². The molecule has 2 amide bonds. The van der Waals surface area contributed by atoms with Crippen molar-refractivity contribution in [3.63, 3.8) is 0 Å². The zero-order chi connectivity index (χ0) is 21.1. The van der Waals surface area contributed by atoms with E-state index in [1.807, 2.05) is 25.1 Å². The van der Waals surface area contributed by atoms with Crippen LogP contribution in [0.5, 0.6) is 5.75 Å². The Hall–Kier alpha value is -3.30. The fourth-order valence-corrected chi connectivity index (χ4v) is 4.49. The molecule has 0 aliphatic carbocycles. The highest BCUT2D eigenvalue weighted by Crippen LogP contribution is 2.28. The number of hydrogen-bond donors (Lipinski definition) is 2. The summed E-state index contributed by atoms with van der Waals surface area (Å²) in [6.07, 6.45) is 0.101. The molecule has 2 heterocycles. The van der Waals surface area contributed by atoms with E-state index in [4.69, 9.17) is 4.74 Å². The molecule has 0 aliphatic rings. The number of methoxy groups -OCH3 is 1. The number of amides is 2. The maximum atomic E-state index is 12.4. The van der Waals surface area contributed by atoms with Gasteiger partial charge in [-0.15, -0.1) is 11.3 Å². The number of benzene rings is 2. The number of carbonyl (C=O) groups is 2. The number of ether oxygens (including phenoxy) is 1. The molecule has 0 saturated heterocycles. The summed E-state index contributed by atoms with van der Waals surface area (Å²) in [7, 11) is 1.57. The van der Waals surface area contributed by atoms with Crippen LogP contribution < -0.4 is 15.4 Å². The molecule has 0 aliphatic heterocycles. The van der Waals surface area contributed by atoms with Gasteiger partial charge in [0.1, 0.15) is 5.75 Å². The number of para-hydroxylation sites is 1. The SMILES string of the molecule is COc1ccc(C(=O)Nc2nc(CC(=O)Nc3nc4c(C)cccc4s3)cs2)cc1. The fraction of sp³-hybridized carbons (Fsp3) is 0.143. The van der Waals surface area contributed by atoms with Gasteiger partial charge < -0.3 is 10.1 Å². The second kappa shape index (κ2) is 8.60. The lowest BCUT2D eigenvalue weighted by molar-refractivity contribution is -0.115. The van der Waals surface area contributed by atoms with Crippen LogP contribution in [0.1, 0.15) is 21.6 Å². The van der Waals surface area contributed by atoms with Gasteiger partial charge in [0.25, 0.3) is 5.91 Å². The first-order chi connectivity index (χ1) is 14.5. The van der Waals surface area contributed by atoms with Crippen LogP contribution in [0.2, 0.25) is 0 Å². The molecule has 152 valence electrons.